The van der Waals surface area contributed by atoms with Crippen molar-refractivity contribution < 1.29 is 10.2 Å². The van der Waals surface area contributed by atoms with Crippen molar-refractivity contribution in [1.82, 2.24) is 5.32 Å². The molecule has 0 amide bonds. The lowest BCUT2D eigenvalue weighted by Gasteiger charge is -2.12. The Balaban J connectivity index is 2.60. The number of aromatic hydroxyl groups is 1. The lowest BCUT2D eigenvalue weighted by atomic mass is 10.1. The van der Waals surface area contributed by atoms with E-state index in [0.29, 0.717) is 6.54 Å². The van der Waals surface area contributed by atoms with E-state index >= 15 is 0 Å². The van der Waals surface area contributed by atoms with Gasteiger partial charge in [-0.1, -0.05) is 13.0 Å². The SMILES string of the molecule is Cc1cc(Br)c(O)c(CNCC(C)CO)c1. The van der Waals surface area contributed by atoms with Gasteiger partial charge in [0.25, 0.3) is 0 Å². The van der Waals surface area contributed by atoms with Crippen LogP contribution in [0.3, 0.4) is 0 Å². The molecule has 0 aliphatic heterocycles. The first-order valence-electron chi connectivity index (χ1n) is 5.34. The van der Waals surface area contributed by atoms with E-state index in [1.807, 2.05) is 26.0 Å². The number of hydrogen-bond acceptors (Lipinski definition) is 3. The molecule has 4 heteroatoms. The summed E-state index contributed by atoms with van der Waals surface area (Å²) in [5.41, 5.74) is 1.98. The van der Waals surface area contributed by atoms with Crippen molar-refractivity contribution in [2.75, 3.05) is 13.2 Å². The molecular weight excluding hydrogens is 270 g/mol. The van der Waals surface area contributed by atoms with Crippen LogP contribution in [0.25, 0.3) is 0 Å². The summed E-state index contributed by atoms with van der Waals surface area (Å²) in [5, 5.41) is 21.9. The monoisotopic (exact) mass is 287 g/mol. The van der Waals surface area contributed by atoms with Crippen molar-refractivity contribution in [2.24, 2.45) is 5.92 Å². The molecule has 0 aromatic heterocycles. The van der Waals surface area contributed by atoms with E-state index in [0.717, 1.165) is 22.1 Å². The molecule has 1 atom stereocenters. The van der Waals surface area contributed by atoms with Gasteiger partial charge in [0.05, 0.1) is 4.47 Å². The van der Waals surface area contributed by atoms with E-state index in [2.05, 4.69) is 21.2 Å². The van der Waals surface area contributed by atoms with Gasteiger partial charge >= 0.3 is 0 Å². The zero-order valence-electron chi connectivity index (χ0n) is 9.63. The van der Waals surface area contributed by atoms with Gasteiger partial charge < -0.3 is 15.5 Å². The second-order valence-electron chi connectivity index (χ2n) is 4.17. The molecule has 3 nitrogen and oxygen atoms in total. The first-order valence-corrected chi connectivity index (χ1v) is 6.13. The maximum atomic E-state index is 9.81. The van der Waals surface area contributed by atoms with Crippen molar-refractivity contribution in [3.63, 3.8) is 0 Å². The number of hydrogen-bond donors (Lipinski definition) is 3. The Morgan fingerprint density at radius 1 is 1.44 bits per heavy atom. The Labute approximate surface area is 105 Å². The molecule has 0 aliphatic rings. The number of aryl methyl sites for hydroxylation is 1. The van der Waals surface area contributed by atoms with Gasteiger partial charge in [-0.05, 0) is 40.4 Å². The normalized spacial score (nSPS) is 12.8. The fourth-order valence-corrected chi connectivity index (χ4v) is 2.07. The molecule has 0 aliphatic carbocycles. The number of phenolic OH excluding ortho intramolecular Hbond substituents is 1. The fraction of sp³-hybridized carbons (Fsp3) is 0.500. The van der Waals surface area contributed by atoms with Crippen LogP contribution in [0.15, 0.2) is 16.6 Å². The molecule has 0 bridgehead atoms. The first kappa shape index (κ1) is 13.5. The van der Waals surface area contributed by atoms with Crippen molar-refractivity contribution in [3.8, 4) is 5.75 Å². The standard InChI is InChI=1S/C12H18BrNO2/c1-8-3-10(12(16)11(13)4-8)6-14-5-9(2)7-15/h3-4,9,14-16H,5-7H2,1-2H3. The second kappa shape index (κ2) is 6.23. The molecule has 0 spiro atoms. The van der Waals surface area contributed by atoms with Gasteiger partial charge in [-0.25, -0.2) is 0 Å². The third kappa shape index (κ3) is 3.77. The van der Waals surface area contributed by atoms with E-state index in [1.165, 1.54) is 0 Å². The second-order valence-corrected chi connectivity index (χ2v) is 5.03. The summed E-state index contributed by atoms with van der Waals surface area (Å²) in [4.78, 5) is 0. The summed E-state index contributed by atoms with van der Waals surface area (Å²) < 4.78 is 0.722. The number of aliphatic hydroxyl groups is 1. The molecule has 3 N–H and O–H groups in total. The zero-order chi connectivity index (χ0) is 12.1. The Kier molecular flexibility index (Phi) is 5.25. The highest BCUT2D eigenvalue weighted by Gasteiger charge is 2.07. The zero-order valence-corrected chi connectivity index (χ0v) is 11.2. The van der Waals surface area contributed by atoms with Crippen LogP contribution in [0.2, 0.25) is 0 Å². The summed E-state index contributed by atoms with van der Waals surface area (Å²) in [5.74, 6) is 0.519. The minimum atomic E-state index is 0.177. The van der Waals surface area contributed by atoms with Gasteiger partial charge in [-0.2, -0.15) is 0 Å². The summed E-state index contributed by atoms with van der Waals surface area (Å²) in [6.45, 7) is 5.48. The van der Waals surface area contributed by atoms with Crippen LogP contribution in [-0.4, -0.2) is 23.4 Å². The number of halogens is 1. The summed E-state index contributed by atoms with van der Waals surface area (Å²) >= 11 is 3.31. The van der Waals surface area contributed by atoms with Gasteiger partial charge in [0.1, 0.15) is 5.75 Å². The Hall–Kier alpha value is -0.580. The van der Waals surface area contributed by atoms with Gasteiger partial charge in [0.15, 0.2) is 0 Å². The fourth-order valence-electron chi connectivity index (χ4n) is 1.46. The smallest absolute Gasteiger partial charge is 0.134 e. The van der Waals surface area contributed by atoms with Gasteiger partial charge in [-0.15, -0.1) is 0 Å². The highest BCUT2D eigenvalue weighted by Crippen LogP contribution is 2.29. The Bertz CT molecular complexity index is 355. The van der Waals surface area contributed by atoms with Gasteiger partial charge in [-0.3, -0.25) is 0 Å². The van der Waals surface area contributed by atoms with Crippen LogP contribution < -0.4 is 5.32 Å². The highest BCUT2D eigenvalue weighted by atomic mass is 79.9. The highest BCUT2D eigenvalue weighted by molar-refractivity contribution is 9.10. The number of benzene rings is 1. The van der Waals surface area contributed by atoms with Crippen molar-refractivity contribution in [2.45, 2.75) is 20.4 Å². The molecule has 1 unspecified atom stereocenters. The first-order chi connectivity index (χ1) is 7.54. The average Bonchev–Trinajstić information content (AvgIpc) is 2.24. The maximum absolute atomic E-state index is 9.81. The molecule has 0 radical (unpaired) electrons. The lowest BCUT2D eigenvalue weighted by Crippen LogP contribution is -2.22. The average molecular weight is 288 g/mol. The molecule has 0 saturated heterocycles. The topological polar surface area (TPSA) is 52.5 Å². The third-order valence-electron chi connectivity index (χ3n) is 2.41. The van der Waals surface area contributed by atoms with E-state index in [4.69, 9.17) is 5.11 Å². The molecular formula is C12H18BrNO2. The predicted octanol–water partition coefficient (Wildman–Crippen LogP) is 2.18. The molecule has 16 heavy (non-hydrogen) atoms. The van der Waals surface area contributed by atoms with Gasteiger partial charge in [0, 0.05) is 25.3 Å². The quantitative estimate of drug-likeness (QED) is 0.778. The number of aliphatic hydroxyl groups excluding tert-OH is 1. The molecule has 1 rings (SSSR count). The van der Waals surface area contributed by atoms with E-state index < -0.39 is 0 Å². The van der Waals surface area contributed by atoms with Crippen molar-refractivity contribution in [3.05, 3.63) is 27.7 Å². The number of nitrogens with one attached hydrogen (secondary N) is 1. The molecule has 0 heterocycles. The van der Waals surface area contributed by atoms with Crippen LogP contribution in [0.4, 0.5) is 0 Å². The summed E-state index contributed by atoms with van der Waals surface area (Å²) in [7, 11) is 0. The third-order valence-corrected chi connectivity index (χ3v) is 3.01. The Morgan fingerprint density at radius 2 is 2.12 bits per heavy atom. The largest absolute Gasteiger partial charge is 0.506 e. The van der Waals surface area contributed by atoms with Crippen LogP contribution in [0.1, 0.15) is 18.1 Å². The summed E-state index contributed by atoms with van der Waals surface area (Å²) in [6, 6.07) is 3.84. The van der Waals surface area contributed by atoms with Crippen LogP contribution in [-0.2, 0) is 6.54 Å². The molecule has 0 fully saturated rings. The predicted molar refractivity (Wildman–Crippen MR) is 68.5 cm³/mol. The van der Waals surface area contributed by atoms with E-state index in [9.17, 15) is 5.11 Å². The minimum absolute atomic E-state index is 0.177. The molecule has 0 saturated carbocycles. The molecule has 1 aromatic rings. The summed E-state index contributed by atoms with van der Waals surface area (Å²) in [6.07, 6.45) is 0. The number of rotatable bonds is 5. The van der Waals surface area contributed by atoms with Gasteiger partial charge in [0.2, 0.25) is 0 Å². The number of phenols is 1. The lowest BCUT2D eigenvalue weighted by molar-refractivity contribution is 0.233. The minimum Gasteiger partial charge on any atom is -0.506 e. The Morgan fingerprint density at radius 3 is 2.75 bits per heavy atom. The maximum Gasteiger partial charge on any atom is 0.134 e. The van der Waals surface area contributed by atoms with Crippen LogP contribution in [0.5, 0.6) is 5.75 Å². The van der Waals surface area contributed by atoms with Crippen molar-refractivity contribution in [1.29, 1.82) is 0 Å². The van der Waals surface area contributed by atoms with Crippen LogP contribution in [0, 0.1) is 12.8 Å². The molecule has 1 aromatic carbocycles. The van der Waals surface area contributed by atoms with Crippen molar-refractivity contribution >= 4 is 15.9 Å². The van der Waals surface area contributed by atoms with E-state index in [-0.39, 0.29) is 18.3 Å². The van der Waals surface area contributed by atoms with E-state index in [1.54, 1.807) is 0 Å². The molecule has 90 valence electrons. The van der Waals surface area contributed by atoms with Crippen LogP contribution >= 0.6 is 15.9 Å².